The number of fused-ring (bicyclic) bond motifs is 2. The van der Waals surface area contributed by atoms with Gasteiger partial charge < -0.3 is 20.9 Å². The topological polar surface area (TPSA) is 85.0 Å². The number of aromatic nitrogens is 2. The van der Waals surface area contributed by atoms with E-state index in [-0.39, 0.29) is 6.03 Å². The molecule has 0 saturated carbocycles. The summed E-state index contributed by atoms with van der Waals surface area (Å²) in [5.41, 5.74) is 14.3. The van der Waals surface area contributed by atoms with E-state index in [0.29, 0.717) is 11.5 Å². The van der Waals surface area contributed by atoms with E-state index in [1.807, 2.05) is 68.7 Å². The van der Waals surface area contributed by atoms with Crippen molar-refractivity contribution in [3.05, 3.63) is 96.1 Å². The number of nitrogens with two attached hydrogens (primary N) is 1. The first kappa shape index (κ1) is 22.8. The van der Waals surface area contributed by atoms with Gasteiger partial charge in [0.1, 0.15) is 5.82 Å². The summed E-state index contributed by atoms with van der Waals surface area (Å²) in [5, 5.41) is 10.0. The molecule has 6 rings (SSSR count). The second-order valence-electron chi connectivity index (χ2n) is 9.14. The van der Waals surface area contributed by atoms with Crippen LogP contribution in [0.2, 0.25) is 0 Å². The Bertz CT molecular complexity index is 1780. The highest BCUT2D eigenvalue weighted by molar-refractivity contribution is 7.18. The second kappa shape index (κ2) is 9.11. The summed E-state index contributed by atoms with van der Waals surface area (Å²) in [6.45, 7) is 1.99. The fourth-order valence-corrected chi connectivity index (χ4v) is 5.80. The van der Waals surface area contributed by atoms with E-state index in [9.17, 15) is 4.79 Å². The van der Waals surface area contributed by atoms with Gasteiger partial charge in [0.2, 0.25) is 0 Å². The van der Waals surface area contributed by atoms with Gasteiger partial charge in [0, 0.05) is 62.9 Å². The number of carbonyl (C=O) groups excluding carboxylic acids is 1. The van der Waals surface area contributed by atoms with Gasteiger partial charge >= 0.3 is 6.03 Å². The van der Waals surface area contributed by atoms with Crippen LogP contribution in [0.25, 0.3) is 43.2 Å². The van der Waals surface area contributed by atoms with Crippen molar-refractivity contribution in [3.8, 4) is 22.3 Å². The number of benzene rings is 3. The van der Waals surface area contributed by atoms with Gasteiger partial charge in [-0.2, -0.15) is 0 Å². The lowest BCUT2D eigenvalue weighted by atomic mass is 10.0. The molecule has 0 unspecified atom stereocenters. The minimum atomic E-state index is -0.284. The second-order valence-corrected chi connectivity index (χ2v) is 10.0. The minimum absolute atomic E-state index is 0.284. The first-order valence-electron chi connectivity index (χ1n) is 11.9. The number of hydrogen-bond acceptors (Lipinski definition) is 4. The number of amides is 2. The number of hydrogen-bond donors (Lipinski definition) is 3. The Morgan fingerprint density at radius 2 is 1.70 bits per heavy atom. The smallest absolute Gasteiger partial charge is 0.323 e. The lowest BCUT2D eigenvalue weighted by Crippen LogP contribution is -2.19. The molecule has 0 fully saturated rings. The molecular weight excluding hydrogens is 478 g/mol. The zero-order valence-electron chi connectivity index (χ0n) is 20.4. The van der Waals surface area contributed by atoms with Crippen molar-refractivity contribution in [2.45, 2.75) is 6.92 Å². The van der Waals surface area contributed by atoms with Crippen LogP contribution in [0.3, 0.4) is 0 Å². The van der Waals surface area contributed by atoms with Crippen LogP contribution in [-0.2, 0) is 7.05 Å². The number of aryl methyl sites for hydroxylation is 2. The fraction of sp³-hybridized carbons (Fsp3) is 0.0667. The average Bonchev–Trinajstić information content (AvgIpc) is 3.49. The number of urea groups is 1. The summed E-state index contributed by atoms with van der Waals surface area (Å²) < 4.78 is 3.22. The maximum absolute atomic E-state index is 12.4. The molecule has 7 heteroatoms. The van der Waals surface area contributed by atoms with Crippen LogP contribution < -0.4 is 16.4 Å². The van der Waals surface area contributed by atoms with Crippen LogP contribution in [0.1, 0.15) is 5.56 Å². The summed E-state index contributed by atoms with van der Waals surface area (Å²) in [5.74, 6) is 0.510. The molecule has 0 spiro atoms. The molecule has 6 nitrogen and oxygen atoms in total. The summed E-state index contributed by atoms with van der Waals surface area (Å²) in [6, 6.07) is 23.8. The molecule has 0 atom stereocenters. The van der Waals surface area contributed by atoms with Gasteiger partial charge in [0.15, 0.2) is 0 Å². The molecule has 3 heterocycles. The number of pyridine rings is 1. The lowest BCUT2D eigenvalue weighted by Gasteiger charge is -2.10. The molecular formula is C30H25N5OS. The SMILES string of the molecule is Cc1cccc(NC(=O)Nc2ccc(-c3csc4c(-c5ccc6c(ccn6C)c5)cnc(N)c34)cc2)c1. The number of carbonyl (C=O) groups is 1. The Morgan fingerprint density at radius 1 is 0.919 bits per heavy atom. The Hall–Kier alpha value is -4.62. The quantitative estimate of drug-likeness (QED) is 0.231. The third kappa shape index (κ3) is 4.30. The number of nitrogens with zero attached hydrogens (tertiary/aromatic N) is 2. The van der Waals surface area contributed by atoms with E-state index in [2.05, 4.69) is 56.0 Å². The Morgan fingerprint density at radius 3 is 2.51 bits per heavy atom. The third-order valence-corrected chi connectivity index (χ3v) is 7.56. The zero-order valence-corrected chi connectivity index (χ0v) is 21.3. The van der Waals surface area contributed by atoms with Crippen molar-refractivity contribution < 1.29 is 4.79 Å². The van der Waals surface area contributed by atoms with Crippen LogP contribution in [0.15, 0.2) is 90.6 Å². The predicted molar refractivity (Wildman–Crippen MR) is 155 cm³/mol. The Labute approximate surface area is 218 Å². The van der Waals surface area contributed by atoms with Crippen LogP contribution >= 0.6 is 11.3 Å². The Kier molecular flexibility index (Phi) is 5.62. The highest BCUT2D eigenvalue weighted by Gasteiger charge is 2.16. The van der Waals surface area contributed by atoms with E-state index < -0.39 is 0 Å². The molecule has 4 N–H and O–H groups in total. The molecule has 0 aliphatic heterocycles. The molecule has 3 aromatic heterocycles. The van der Waals surface area contributed by atoms with Gasteiger partial charge in [-0.05, 0) is 71.5 Å². The van der Waals surface area contributed by atoms with Gasteiger partial charge in [0.05, 0.1) is 0 Å². The molecule has 0 saturated heterocycles. The van der Waals surface area contributed by atoms with Crippen LogP contribution in [0, 0.1) is 6.92 Å². The molecule has 0 aliphatic rings. The zero-order chi connectivity index (χ0) is 25.5. The number of rotatable bonds is 4. The molecule has 6 aromatic rings. The first-order chi connectivity index (χ1) is 18.0. The van der Waals surface area contributed by atoms with Crippen molar-refractivity contribution >= 4 is 55.5 Å². The monoisotopic (exact) mass is 503 g/mol. The molecule has 3 aromatic carbocycles. The molecule has 37 heavy (non-hydrogen) atoms. The molecule has 0 radical (unpaired) electrons. The van der Waals surface area contributed by atoms with E-state index in [1.165, 1.54) is 10.9 Å². The summed E-state index contributed by atoms with van der Waals surface area (Å²) in [6.07, 6.45) is 3.93. The summed E-state index contributed by atoms with van der Waals surface area (Å²) in [7, 11) is 2.05. The predicted octanol–water partition coefficient (Wildman–Crippen LogP) is 7.66. The van der Waals surface area contributed by atoms with Crippen molar-refractivity contribution in [2.75, 3.05) is 16.4 Å². The van der Waals surface area contributed by atoms with Gasteiger partial charge in [-0.3, -0.25) is 0 Å². The van der Waals surface area contributed by atoms with Crippen LogP contribution in [0.4, 0.5) is 22.0 Å². The Balaban J connectivity index is 1.29. The number of thiophene rings is 1. The third-order valence-electron chi connectivity index (χ3n) is 6.55. The van der Waals surface area contributed by atoms with Crippen molar-refractivity contribution in [2.24, 2.45) is 7.05 Å². The summed E-state index contributed by atoms with van der Waals surface area (Å²) >= 11 is 1.67. The van der Waals surface area contributed by atoms with Crippen molar-refractivity contribution in [1.29, 1.82) is 0 Å². The van der Waals surface area contributed by atoms with Crippen molar-refractivity contribution in [1.82, 2.24) is 9.55 Å². The van der Waals surface area contributed by atoms with E-state index >= 15 is 0 Å². The lowest BCUT2D eigenvalue weighted by molar-refractivity contribution is 0.262. The first-order valence-corrected chi connectivity index (χ1v) is 12.8. The van der Waals surface area contributed by atoms with Crippen LogP contribution in [-0.4, -0.2) is 15.6 Å². The summed E-state index contributed by atoms with van der Waals surface area (Å²) in [4.78, 5) is 17.0. The maximum atomic E-state index is 12.4. The maximum Gasteiger partial charge on any atom is 0.323 e. The highest BCUT2D eigenvalue weighted by Crippen LogP contribution is 2.42. The molecule has 0 aliphatic carbocycles. The van der Waals surface area contributed by atoms with Gasteiger partial charge in [-0.25, -0.2) is 9.78 Å². The van der Waals surface area contributed by atoms with Gasteiger partial charge in [-0.15, -0.1) is 11.3 Å². The normalized spacial score (nSPS) is 11.2. The number of anilines is 3. The van der Waals surface area contributed by atoms with Crippen LogP contribution in [0.5, 0.6) is 0 Å². The van der Waals surface area contributed by atoms with Crippen molar-refractivity contribution in [3.63, 3.8) is 0 Å². The number of nitrogen functional groups attached to an aromatic ring is 1. The largest absolute Gasteiger partial charge is 0.383 e. The highest BCUT2D eigenvalue weighted by atomic mass is 32.1. The van der Waals surface area contributed by atoms with E-state index in [4.69, 9.17) is 5.73 Å². The van der Waals surface area contributed by atoms with E-state index in [1.54, 1.807) is 11.3 Å². The number of nitrogens with one attached hydrogen (secondary N) is 2. The van der Waals surface area contributed by atoms with Gasteiger partial charge in [0.25, 0.3) is 0 Å². The molecule has 0 bridgehead atoms. The fourth-order valence-electron chi connectivity index (χ4n) is 4.68. The molecule has 182 valence electrons. The van der Waals surface area contributed by atoms with Gasteiger partial charge in [-0.1, -0.05) is 30.3 Å². The van der Waals surface area contributed by atoms with E-state index in [0.717, 1.165) is 43.6 Å². The standard InChI is InChI=1S/C30H25N5OS/c1-18-4-3-5-23(14-18)34-30(36)33-22-9-6-19(7-10-22)25-17-37-28-24(16-32-29(31)27(25)28)20-8-11-26-21(15-20)12-13-35(26)2/h3-17H,1-2H3,(H2,31,32)(H2,33,34,36). The average molecular weight is 504 g/mol. The minimum Gasteiger partial charge on any atom is -0.383 e. The molecule has 2 amide bonds.